The highest BCUT2D eigenvalue weighted by molar-refractivity contribution is 8.00. The fourth-order valence-corrected chi connectivity index (χ4v) is 3.90. The van der Waals surface area contributed by atoms with Crippen molar-refractivity contribution in [2.45, 2.75) is 37.8 Å². The molecule has 3 N–H and O–H groups in total. The average Bonchev–Trinajstić information content (AvgIpc) is 3.07. The van der Waals surface area contributed by atoms with Gasteiger partial charge in [-0.3, -0.25) is 4.79 Å². The number of benzene rings is 2. The Bertz CT molecular complexity index is 1070. The number of thioether (sulfide) groups is 1. The average molecular weight is 462 g/mol. The number of halogens is 1. The SMILES string of the molecule is COc1ccc(NC(=O)C(C)Sc2nnc(COc3c(C)cccc3C)n2N)cc1Cl. The van der Waals surface area contributed by atoms with Crippen LogP contribution in [0, 0.1) is 13.8 Å². The van der Waals surface area contributed by atoms with Crippen LogP contribution in [0.1, 0.15) is 23.9 Å². The lowest BCUT2D eigenvalue weighted by Gasteiger charge is -2.13. The van der Waals surface area contributed by atoms with E-state index in [4.69, 9.17) is 26.9 Å². The molecule has 0 saturated carbocycles. The first kappa shape index (κ1) is 22.8. The van der Waals surface area contributed by atoms with Crippen LogP contribution in [0.5, 0.6) is 11.5 Å². The Hall–Kier alpha value is -2.91. The van der Waals surface area contributed by atoms with Gasteiger partial charge in [0.25, 0.3) is 0 Å². The number of rotatable bonds is 8. The molecule has 0 aliphatic heterocycles. The Morgan fingerprint density at radius 3 is 2.61 bits per heavy atom. The maximum Gasteiger partial charge on any atom is 0.237 e. The number of nitrogens with two attached hydrogens (primary N) is 1. The molecular weight excluding hydrogens is 438 g/mol. The largest absolute Gasteiger partial charge is 0.495 e. The van der Waals surface area contributed by atoms with E-state index in [1.54, 1.807) is 25.1 Å². The molecule has 10 heteroatoms. The lowest BCUT2D eigenvalue weighted by atomic mass is 10.1. The van der Waals surface area contributed by atoms with Crippen molar-refractivity contribution in [2.75, 3.05) is 18.3 Å². The van der Waals surface area contributed by atoms with Crippen molar-refractivity contribution < 1.29 is 14.3 Å². The van der Waals surface area contributed by atoms with E-state index in [0.29, 0.717) is 27.4 Å². The minimum Gasteiger partial charge on any atom is -0.495 e. The Labute approximate surface area is 190 Å². The Morgan fingerprint density at radius 2 is 1.97 bits per heavy atom. The third kappa shape index (κ3) is 5.42. The molecule has 0 spiro atoms. The number of hydrogen-bond donors (Lipinski definition) is 2. The lowest BCUT2D eigenvalue weighted by Crippen LogP contribution is -2.24. The number of nitrogen functional groups attached to an aromatic ring is 1. The molecule has 0 fully saturated rings. The molecule has 0 aliphatic carbocycles. The molecule has 0 aliphatic rings. The maximum absolute atomic E-state index is 12.6. The van der Waals surface area contributed by atoms with Gasteiger partial charge in [0.1, 0.15) is 18.1 Å². The van der Waals surface area contributed by atoms with Gasteiger partial charge in [-0.1, -0.05) is 41.6 Å². The normalized spacial score (nSPS) is 11.8. The Kier molecular flexibility index (Phi) is 7.29. The summed E-state index contributed by atoms with van der Waals surface area (Å²) in [6.45, 7) is 5.88. The second kappa shape index (κ2) is 9.93. The van der Waals surface area contributed by atoms with E-state index >= 15 is 0 Å². The van der Waals surface area contributed by atoms with Crippen LogP contribution >= 0.6 is 23.4 Å². The zero-order valence-electron chi connectivity index (χ0n) is 17.7. The van der Waals surface area contributed by atoms with Crippen molar-refractivity contribution in [3.05, 3.63) is 58.4 Å². The topological polar surface area (TPSA) is 104 Å². The van der Waals surface area contributed by atoms with Crippen LogP contribution in [0.3, 0.4) is 0 Å². The standard InChI is InChI=1S/C21H24ClN5O3S/c1-12-6-5-7-13(2)19(12)30-11-18-25-26-21(27(18)23)31-14(3)20(28)24-15-8-9-17(29-4)16(22)10-15/h5-10,14H,11,23H2,1-4H3,(H,24,28). The van der Waals surface area contributed by atoms with Crippen LogP contribution in [-0.2, 0) is 11.4 Å². The van der Waals surface area contributed by atoms with Gasteiger partial charge in [-0.15, -0.1) is 10.2 Å². The maximum atomic E-state index is 12.6. The van der Waals surface area contributed by atoms with Gasteiger partial charge in [0.05, 0.1) is 17.4 Å². The summed E-state index contributed by atoms with van der Waals surface area (Å²) in [5, 5.41) is 11.4. The van der Waals surface area contributed by atoms with Gasteiger partial charge in [-0.05, 0) is 50.1 Å². The number of aryl methyl sites for hydroxylation is 2. The van der Waals surface area contributed by atoms with Gasteiger partial charge >= 0.3 is 0 Å². The van der Waals surface area contributed by atoms with Crippen LogP contribution in [0.4, 0.5) is 5.69 Å². The molecule has 0 saturated heterocycles. The van der Waals surface area contributed by atoms with E-state index in [-0.39, 0.29) is 12.5 Å². The van der Waals surface area contributed by atoms with Crippen LogP contribution in [0.2, 0.25) is 5.02 Å². The number of hydrogen-bond acceptors (Lipinski definition) is 7. The molecule has 1 atom stereocenters. The minimum atomic E-state index is -0.472. The molecule has 1 amide bonds. The third-order valence-corrected chi connectivity index (χ3v) is 5.91. The molecule has 31 heavy (non-hydrogen) atoms. The molecule has 8 nitrogen and oxygen atoms in total. The zero-order chi connectivity index (χ0) is 22.5. The highest BCUT2D eigenvalue weighted by Crippen LogP contribution is 2.28. The number of para-hydroxylation sites is 1. The smallest absolute Gasteiger partial charge is 0.237 e. The van der Waals surface area contributed by atoms with Crippen molar-refractivity contribution in [3.8, 4) is 11.5 Å². The number of methoxy groups -OCH3 is 1. The second-order valence-corrected chi connectivity index (χ2v) is 8.59. The number of carbonyl (C=O) groups is 1. The summed E-state index contributed by atoms with van der Waals surface area (Å²) in [4.78, 5) is 12.6. The van der Waals surface area contributed by atoms with E-state index in [0.717, 1.165) is 16.9 Å². The van der Waals surface area contributed by atoms with Crippen LogP contribution in [-0.4, -0.2) is 33.1 Å². The molecule has 0 bridgehead atoms. The summed E-state index contributed by atoms with van der Waals surface area (Å²) in [6, 6.07) is 11.0. The summed E-state index contributed by atoms with van der Waals surface area (Å²) < 4.78 is 12.4. The molecule has 1 heterocycles. The summed E-state index contributed by atoms with van der Waals surface area (Å²) in [5.74, 6) is 7.70. The van der Waals surface area contributed by atoms with E-state index < -0.39 is 5.25 Å². The minimum absolute atomic E-state index is 0.167. The van der Waals surface area contributed by atoms with Gasteiger partial charge in [0.2, 0.25) is 11.1 Å². The number of carbonyl (C=O) groups excluding carboxylic acids is 1. The van der Waals surface area contributed by atoms with Crippen LogP contribution in [0.25, 0.3) is 0 Å². The van der Waals surface area contributed by atoms with Gasteiger partial charge < -0.3 is 20.6 Å². The molecule has 3 aromatic rings. The number of aromatic nitrogens is 3. The van der Waals surface area contributed by atoms with Crippen molar-refractivity contribution in [3.63, 3.8) is 0 Å². The molecular formula is C21H24ClN5O3S. The van der Waals surface area contributed by atoms with E-state index in [9.17, 15) is 4.79 Å². The summed E-state index contributed by atoms with van der Waals surface area (Å²) in [5.41, 5.74) is 2.63. The quantitative estimate of drug-likeness (QED) is 0.386. The van der Waals surface area contributed by atoms with Crippen molar-refractivity contribution in [1.29, 1.82) is 0 Å². The number of ether oxygens (including phenoxy) is 2. The highest BCUT2D eigenvalue weighted by Gasteiger charge is 2.20. The van der Waals surface area contributed by atoms with Gasteiger partial charge in [0, 0.05) is 5.69 Å². The number of nitrogens with one attached hydrogen (secondary N) is 1. The van der Waals surface area contributed by atoms with Crippen molar-refractivity contribution in [2.24, 2.45) is 0 Å². The van der Waals surface area contributed by atoms with E-state index in [1.165, 1.54) is 23.5 Å². The molecule has 1 unspecified atom stereocenters. The van der Waals surface area contributed by atoms with E-state index in [1.807, 2.05) is 32.0 Å². The predicted molar refractivity (Wildman–Crippen MR) is 122 cm³/mol. The van der Waals surface area contributed by atoms with Crippen molar-refractivity contribution >= 4 is 35.0 Å². The number of anilines is 1. The second-order valence-electron chi connectivity index (χ2n) is 6.88. The molecule has 3 rings (SSSR count). The van der Waals surface area contributed by atoms with E-state index in [2.05, 4.69) is 15.5 Å². The Balaban J connectivity index is 1.61. The van der Waals surface area contributed by atoms with Gasteiger partial charge in [-0.25, -0.2) is 4.68 Å². The molecule has 1 aromatic heterocycles. The fourth-order valence-electron chi connectivity index (χ4n) is 2.85. The summed E-state index contributed by atoms with van der Waals surface area (Å²) >= 11 is 7.31. The fraction of sp³-hybridized carbons (Fsp3) is 0.286. The monoisotopic (exact) mass is 461 g/mol. The number of amides is 1. The first-order chi connectivity index (χ1) is 14.8. The first-order valence-electron chi connectivity index (χ1n) is 9.49. The molecule has 2 aromatic carbocycles. The highest BCUT2D eigenvalue weighted by atomic mass is 35.5. The molecule has 164 valence electrons. The first-order valence-corrected chi connectivity index (χ1v) is 10.7. The summed E-state index contributed by atoms with van der Waals surface area (Å²) in [6.07, 6.45) is 0. The third-order valence-electron chi connectivity index (χ3n) is 4.56. The lowest BCUT2D eigenvalue weighted by molar-refractivity contribution is -0.115. The van der Waals surface area contributed by atoms with Gasteiger partial charge in [0.15, 0.2) is 5.82 Å². The zero-order valence-corrected chi connectivity index (χ0v) is 19.3. The van der Waals surface area contributed by atoms with Crippen molar-refractivity contribution in [1.82, 2.24) is 14.9 Å². The summed E-state index contributed by atoms with van der Waals surface area (Å²) in [7, 11) is 1.53. The molecule has 0 radical (unpaired) electrons. The Morgan fingerprint density at radius 1 is 1.26 bits per heavy atom. The van der Waals surface area contributed by atoms with Crippen LogP contribution < -0.4 is 20.6 Å². The predicted octanol–water partition coefficient (Wildman–Crippen LogP) is 3.97. The van der Waals surface area contributed by atoms with Gasteiger partial charge in [-0.2, -0.15) is 0 Å². The van der Waals surface area contributed by atoms with Crippen LogP contribution in [0.15, 0.2) is 41.6 Å². The number of nitrogens with zero attached hydrogens (tertiary/aromatic N) is 3.